The quantitative estimate of drug-likeness (QED) is 0.294. The number of nitrogen functional groups attached to an aromatic ring is 1. The van der Waals surface area contributed by atoms with Crippen LogP contribution in [0.4, 0.5) is 10.1 Å². The number of aromatic amines is 1. The second-order valence-electron chi connectivity index (χ2n) is 7.01. The van der Waals surface area contributed by atoms with Crippen LogP contribution >= 0.6 is 0 Å². The highest BCUT2D eigenvalue weighted by molar-refractivity contribution is 8.78. The second kappa shape index (κ2) is 28.9. The second-order valence-corrected chi connectivity index (χ2v) is 42.4. The molecule has 0 saturated heterocycles. The zero-order valence-electron chi connectivity index (χ0n) is 22.3. The molecule has 4 nitrogen and oxygen atoms in total. The topological polar surface area (TPSA) is 63.9 Å². The van der Waals surface area contributed by atoms with Crippen molar-refractivity contribution in [1.82, 2.24) is 9.97 Å². The number of halogens is 1. The molecule has 0 saturated carbocycles. The molecule has 1 heterocycles. The van der Waals surface area contributed by atoms with E-state index in [1.54, 1.807) is 166 Å². The summed E-state index contributed by atoms with van der Waals surface area (Å²) in [6, 6.07) is 8.25. The van der Waals surface area contributed by atoms with Gasteiger partial charge in [0.05, 0.1) is 17.6 Å². The van der Waals surface area contributed by atoms with Crippen molar-refractivity contribution in [3.63, 3.8) is 0 Å². The molecule has 45 heavy (non-hydrogen) atoms. The Morgan fingerprint density at radius 1 is 0.756 bits per heavy atom. The van der Waals surface area contributed by atoms with Crippen molar-refractivity contribution in [2.75, 3.05) is 12.3 Å². The van der Waals surface area contributed by atoms with Crippen LogP contribution in [0.1, 0.15) is 25.3 Å². The first-order chi connectivity index (χ1) is 22.0. The lowest BCUT2D eigenvalue weighted by molar-refractivity contribution is 0.308. The molecule has 0 spiro atoms. The standard InChI is InChI=1S/C18H20FN3O.S22/c1-3-4-7-23-17-10-16-15(8-11(17)2)21-18(22-16)13-6-5-12(19)9-14(13)20;1-3-5-7-9-11-13-15-17-19-21-22-20-18-16-14-12-10-8-6-4-2/h5-6,8-10H,3-4,7,20H2,1-2H3,(H,21,22);. The maximum Gasteiger partial charge on any atom is 0.140 e. The summed E-state index contributed by atoms with van der Waals surface area (Å²) >= 11 is 9.53. The molecule has 0 radical (unpaired) electrons. The van der Waals surface area contributed by atoms with Crippen LogP contribution < -0.4 is 10.5 Å². The molecule has 3 rings (SSSR count). The molecule has 27 heteroatoms. The number of hydrogen-bond donors (Lipinski definition) is 2. The average Bonchev–Trinajstić information content (AvgIpc) is 3.43. The number of fused-ring (bicyclic) bond motifs is 1. The number of imidazole rings is 1. The highest BCUT2D eigenvalue weighted by Crippen LogP contribution is 2.29. The minimum absolute atomic E-state index is 0.357. The molecule has 0 amide bonds. The van der Waals surface area contributed by atoms with E-state index in [4.69, 9.17) is 32.8 Å². The molecule has 0 unspecified atom stereocenters. The lowest BCUT2D eigenvalue weighted by Gasteiger charge is -2.08. The van der Waals surface area contributed by atoms with Gasteiger partial charge in [-0.15, -0.1) is 0 Å². The van der Waals surface area contributed by atoms with Crippen molar-refractivity contribution < 1.29 is 9.13 Å². The van der Waals surface area contributed by atoms with E-state index in [1.807, 2.05) is 19.1 Å². The highest BCUT2D eigenvalue weighted by Gasteiger charge is 2.11. The number of ether oxygens (including phenoxy) is 1. The van der Waals surface area contributed by atoms with Gasteiger partial charge in [0.1, 0.15) is 17.4 Å². The molecule has 0 aliphatic rings. The van der Waals surface area contributed by atoms with E-state index >= 15 is 0 Å². The molecule has 0 aliphatic carbocycles. The van der Waals surface area contributed by atoms with Gasteiger partial charge >= 0.3 is 0 Å². The summed E-state index contributed by atoms with van der Waals surface area (Å²) in [5.41, 5.74) is 9.71. The first kappa shape index (κ1) is 43.4. The fourth-order valence-corrected chi connectivity index (χ4v) is 52.1. The van der Waals surface area contributed by atoms with Crippen molar-refractivity contribution in [3.8, 4) is 17.1 Å². The zero-order valence-corrected chi connectivity index (χ0v) is 40.3. The molecule has 0 bridgehead atoms. The molecule has 2 aromatic carbocycles. The summed E-state index contributed by atoms with van der Waals surface area (Å²) < 4.78 is 19.0. The number of nitrogens with zero attached hydrogens (tertiary/aromatic N) is 1. The number of benzene rings is 2. The molecule has 3 aromatic rings. The Morgan fingerprint density at radius 2 is 1.24 bits per heavy atom. The van der Waals surface area contributed by atoms with Gasteiger partial charge in [0.2, 0.25) is 0 Å². The molecule has 3 N–H and O–H groups in total. The molecule has 0 fully saturated rings. The summed E-state index contributed by atoms with van der Waals surface area (Å²) in [5.74, 6) is 1.11. The van der Waals surface area contributed by atoms with Gasteiger partial charge in [-0.3, -0.25) is 0 Å². The van der Waals surface area contributed by atoms with Gasteiger partial charge in [0.25, 0.3) is 0 Å². The van der Waals surface area contributed by atoms with Gasteiger partial charge in [-0.25, -0.2) is 9.37 Å². The third-order valence-corrected chi connectivity index (χ3v) is 46.6. The number of nitrogens with one attached hydrogen (secondary N) is 1. The molecule has 0 atom stereocenters. The number of rotatable bonds is 5. The Labute approximate surface area is 327 Å². The summed E-state index contributed by atoms with van der Waals surface area (Å²) in [7, 11) is 34.5. The normalized spacial score (nSPS) is 9.31. The summed E-state index contributed by atoms with van der Waals surface area (Å²) in [5, 5.41) is 0. The number of aromatic nitrogens is 2. The van der Waals surface area contributed by atoms with E-state index in [0.717, 1.165) is 35.2 Å². The van der Waals surface area contributed by atoms with E-state index < -0.39 is 0 Å². The van der Waals surface area contributed by atoms with E-state index in [-0.39, 0.29) is 5.82 Å². The SMILES string of the molecule is CCCCOc1cc2nc(-c3ccc(F)cc3N)[nH]c2cc1C.S=S=S=S=S=S=S=S=S=S=S=S=S=S=S=S=S=S=S=S=S=S. The van der Waals surface area contributed by atoms with E-state index in [9.17, 15) is 4.39 Å². The first-order valence-electron chi connectivity index (χ1n) is 11.3. The van der Waals surface area contributed by atoms with Crippen molar-refractivity contribution >= 4 is 217 Å². The Bertz CT molecular complexity index is 2310. The molecular formula is C18H20FN3OS22. The number of unbranched alkanes of at least 4 members (excludes halogenated alkanes) is 1. The van der Waals surface area contributed by atoms with Crippen LogP contribution in [0.3, 0.4) is 0 Å². The van der Waals surface area contributed by atoms with Gasteiger partial charge in [-0.05, 0) is 43.2 Å². The van der Waals surface area contributed by atoms with Crippen molar-refractivity contribution in [2.24, 2.45) is 0 Å². The number of anilines is 1. The predicted molar refractivity (Wildman–Crippen MR) is 253 cm³/mol. The Kier molecular flexibility index (Phi) is 27.9. The molecular weight excluding hydrogens is 999 g/mol. The average molecular weight is 1020 g/mol. The highest BCUT2D eigenvalue weighted by atomic mass is 33.5. The summed E-state index contributed by atoms with van der Waals surface area (Å²) in [6.45, 7) is 4.84. The largest absolute Gasteiger partial charge is 0.493 e. The van der Waals surface area contributed by atoms with Crippen LogP contribution in [0.15, 0.2) is 30.3 Å². The van der Waals surface area contributed by atoms with E-state index in [2.05, 4.69) is 16.9 Å². The van der Waals surface area contributed by atoms with Gasteiger partial charge < -0.3 is 15.5 Å². The lowest BCUT2D eigenvalue weighted by Crippen LogP contribution is -1.98. The fourth-order valence-electron chi connectivity index (χ4n) is 2.71. The summed E-state index contributed by atoms with van der Waals surface area (Å²) in [4.78, 5) is 7.80. The van der Waals surface area contributed by atoms with Crippen LogP contribution in [0, 0.1) is 12.7 Å². The van der Waals surface area contributed by atoms with Crippen LogP contribution in [-0.2, 0) is 200 Å². The van der Waals surface area contributed by atoms with Gasteiger partial charge in [0.15, 0.2) is 0 Å². The number of aryl methyl sites for hydroxylation is 1. The monoisotopic (exact) mass is 1020 g/mol. The van der Waals surface area contributed by atoms with Crippen LogP contribution in [0.25, 0.3) is 22.4 Å². The van der Waals surface area contributed by atoms with Crippen LogP contribution in [-0.4, -0.2) is 16.6 Å². The number of hydrogen-bond acceptors (Lipinski definition) is 5. The van der Waals surface area contributed by atoms with Crippen molar-refractivity contribution in [1.29, 1.82) is 0 Å². The van der Waals surface area contributed by atoms with Gasteiger partial charge in [-0.1, -0.05) is 13.3 Å². The Morgan fingerprint density at radius 3 is 1.69 bits per heavy atom. The third-order valence-electron chi connectivity index (χ3n) is 4.33. The van der Waals surface area contributed by atoms with Crippen molar-refractivity contribution in [3.05, 3.63) is 41.7 Å². The first-order valence-corrected chi connectivity index (χ1v) is 39.3. The lowest BCUT2D eigenvalue weighted by atomic mass is 10.1. The minimum Gasteiger partial charge on any atom is -0.493 e. The smallest absolute Gasteiger partial charge is 0.140 e. The van der Waals surface area contributed by atoms with Crippen molar-refractivity contribution in [2.45, 2.75) is 26.7 Å². The zero-order chi connectivity index (χ0) is 32.5. The maximum atomic E-state index is 13.2. The molecule has 252 valence electrons. The molecule has 1 aromatic heterocycles. The number of nitrogens with two attached hydrogens (primary N) is 1. The Hall–Kier alpha value is 2.28. The molecule has 0 aliphatic heterocycles. The number of H-pyrrole nitrogens is 1. The van der Waals surface area contributed by atoms with Crippen LogP contribution in [0.5, 0.6) is 5.75 Å². The third kappa shape index (κ3) is 20.0. The van der Waals surface area contributed by atoms with Crippen LogP contribution in [0.2, 0.25) is 0 Å². The fraction of sp³-hybridized carbons (Fsp3) is 0.278. The van der Waals surface area contributed by atoms with Gasteiger partial charge in [-0.2, -0.15) is 0 Å². The Balaban J connectivity index is 0.000000314. The van der Waals surface area contributed by atoms with E-state index in [1.165, 1.54) is 29.9 Å². The maximum absolute atomic E-state index is 13.2. The predicted octanol–water partition coefficient (Wildman–Crippen LogP) is 4.39. The summed E-state index contributed by atoms with van der Waals surface area (Å²) in [6.07, 6.45) is 2.12. The van der Waals surface area contributed by atoms with E-state index in [0.29, 0.717) is 23.7 Å². The van der Waals surface area contributed by atoms with Gasteiger partial charge in [0, 0.05) is 217 Å². The minimum atomic E-state index is -0.357.